The smallest absolute Gasteiger partial charge is 0.344 e. The second kappa shape index (κ2) is 7.18. The van der Waals surface area contributed by atoms with Gasteiger partial charge in [-0.15, -0.1) is 11.8 Å². The summed E-state index contributed by atoms with van der Waals surface area (Å²) < 4.78 is 38.3. The number of amides is 3. The summed E-state index contributed by atoms with van der Waals surface area (Å²) in [5.74, 6) is -0.458. The molecule has 3 rings (SSSR count). The van der Waals surface area contributed by atoms with Crippen LogP contribution in [-0.2, 0) is 20.6 Å². The van der Waals surface area contributed by atoms with Crippen LogP contribution in [0.25, 0.3) is 0 Å². The molecule has 0 radical (unpaired) electrons. The second-order valence-corrected chi connectivity index (χ2v) is 7.05. The van der Waals surface area contributed by atoms with E-state index in [1.165, 1.54) is 28.8 Å². The molecule has 0 bridgehead atoms. The Morgan fingerprint density at radius 3 is 2.73 bits per heavy atom. The SMILES string of the molecule is O=C1CC[C@H](C(=O)N2CSC[C@@H]2C(=O)Nc2cccc(C(F)(F)F)c2)N1. The minimum absolute atomic E-state index is 0.0169. The Balaban J connectivity index is 1.69. The molecule has 0 aromatic heterocycles. The monoisotopic (exact) mass is 387 g/mol. The predicted molar refractivity (Wildman–Crippen MR) is 89.2 cm³/mol. The lowest BCUT2D eigenvalue weighted by Gasteiger charge is -2.25. The minimum atomic E-state index is -4.51. The molecule has 2 aliphatic heterocycles. The van der Waals surface area contributed by atoms with Crippen LogP contribution in [0.2, 0.25) is 0 Å². The summed E-state index contributed by atoms with van der Waals surface area (Å²) in [4.78, 5) is 37.6. The zero-order chi connectivity index (χ0) is 18.9. The first-order valence-corrected chi connectivity index (χ1v) is 9.07. The predicted octanol–water partition coefficient (Wildman–Crippen LogP) is 1.82. The molecule has 26 heavy (non-hydrogen) atoms. The lowest BCUT2D eigenvalue weighted by molar-refractivity contribution is -0.138. The fraction of sp³-hybridized carbons (Fsp3) is 0.438. The van der Waals surface area contributed by atoms with Crippen LogP contribution in [0.1, 0.15) is 18.4 Å². The number of hydrogen-bond acceptors (Lipinski definition) is 4. The van der Waals surface area contributed by atoms with E-state index in [0.717, 1.165) is 12.1 Å². The highest BCUT2D eigenvalue weighted by Crippen LogP contribution is 2.31. The Bertz CT molecular complexity index is 741. The van der Waals surface area contributed by atoms with E-state index in [2.05, 4.69) is 10.6 Å². The van der Waals surface area contributed by atoms with Gasteiger partial charge in [-0.25, -0.2) is 0 Å². The lowest BCUT2D eigenvalue weighted by atomic mass is 10.1. The number of thioether (sulfide) groups is 1. The van der Waals surface area contributed by atoms with Crippen LogP contribution in [0.5, 0.6) is 0 Å². The van der Waals surface area contributed by atoms with Crippen molar-refractivity contribution in [2.45, 2.75) is 31.1 Å². The van der Waals surface area contributed by atoms with Crippen LogP contribution in [-0.4, -0.2) is 46.3 Å². The van der Waals surface area contributed by atoms with Crippen molar-refractivity contribution in [3.8, 4) is 0 Å². The van der Waals surface area contributed by atoms with E-state index < -0.39 is 29.7 Å². The molecule has 1 aromatic rings. The molecule has 3 amide bonds. The van der Waals surface area contributed by atoms with Gasteiger partial charge in [0.2, 0.25) is 17.7 Å². The van der Waals surface area contributed by atoms with E-state index in [4.69, 9.17) is 0 Å². The highest BCUT2D eigenvalue weighted by atomic mass is 32.2. The maximum atomic E-state index is 12.8. The zero-order valence-electron chi connectivity index (χ0n) is 13.5. The zero-order valence-corrected chi connectivity index (χ0v) is 14.3. The summed E-state index contributed by atoms with van der Waals surface area (Å²) in [5, 5.41) is 5.01. The number of halogens is 3. The quantitative estimate of drug-likeness (QED) is 0.830. The molecule has 2 fully saturated rings. The standard InChI is InChI=1S/C16H16F3N3O3S/c17-16(18,19)9-2-1-3-10(6-9)20-14(24)12-7-26-8-22(12)15(25)11-4-5-13(23)21-11/h1-3,6,11-12H,4-5,7-8H2,(H,20,24)(H,21,23)/t11-,12-/m1/s1. The number of anilines is 1. The van der Waals surface area contributed by atoms with Crippen molar-refractivity contribution in [1.29, 1.82) is 0 Å². The highest BCUT2D eigenvalue weighted by Gasteiger charge is 2.40. The summed E-state index contributed by atoms with van der Waals surface area (Å²) in [7, 11) is 0. The van der Waals surface area contributed by atoms with Crippen LogP contribution in [0.4, 0.5) is 18.9 Å². The van der Waals surface area contributed by atoms with E-state index in [9.17, 15) is 27.6 Å². The average molecular weight is 387 g/mol. The van der Waals surface area contributed by atoms with Gasteiger partial charge in [-0.1, -0.05) is 6.07 Å². The van der Waals surface area contributed by atoms with Gasteiger partial charge < -0.3 is 15.5 Å². The van der Waals surface area contributed by atoms with E-state index in [-0.39, 0.29) is 23.9 Å². The van der Waals surface area contributed by atoms with Gasteiger partial charge in [0.1, 0.15) is 12.1 Å². The first-order chi connectivity index (χ1) is 12.3. The van der Waals surface area contributed by atoms with E-state index in [1.54, 1.807) is 0 Å². The van der Waals surface area contributed by atoms with Gasteiger partial charge in [0.15, 0.2) is 0 Å². The molecule has 0 unspecified atom stereocenters. The Morgan fingerprint density at radius 2 is 2.08 bits per heavy atom. The molecule has 0 spiro atoms. The molecule has 0 aliphatic carbocycles. The van der Waals surface area contributed by atoms with Gasteiger partial charge in [0.05, 0.1) is 11.4 Å². The van der Waals surface area contributed by atoms with Crippen LogP contribution in [0.3, 0.4) is 0 Å². The number of hydrogen-bond donors (Lipinski definition) is 2. The van der Waals surface area contributed by atoms with E-state index in [1.807, 2.05) is 0 Å². The molecule has 10 heteroatoms. The summed E-state index contributed by atoms with van der Waals surface area (Å²) >= 11 is 1.38. The number of rotatable bonds is 3. The fourth-order valence-corrected chi connectivity index (χ4v) is 4.04. The Labute approximate surface area is 151 Å². The summed E-state index contributed by atoms with van der Waals surface area (Å²) in [5.41, 5.74) is -0.846. The highest BCUT2D eigenvalue weighted by molar-refractivity contribution is 7.99. The number of nitrogens with one attached hydrogen (secondary N) is 2. The molecule has 1 aromatic carbocycles. The maximum absolute atomic E-state index is 12.8. The third kappa shape index (κ3) is 3.95. The fourth-order valence-electron chi connectivity index (χ4n) is 2.88. The van der Waals surface area contributed by atoms with Gasteiger partial charge in [-0.2, -0.15) is 13.2 Å². The van der Waals surface area contributed by atoms with Crippen LogP contribution in [0, 0.1) is 0 Å². The molecule has 2 saturated heterocycles. The maximum Gasteiger partial charge on any atom is 0.416 e. The van der Waals surface area contributed by atoms with Crippen LogP contribution < -0.4 is 10.6 Å². The first kappa shape index (κ1) is 18.6. The first-order valence-electron chi connectivity index (χ1n) is 7.91. The van der Waals surface area contributed by atoms with Crippen molar-refractivity contribution in [3.05, 3.63) is 29.8 Å². The van der Waals surface area contributed by atoms with Crippen molar-refractivity contribution < 1.29 is 27.6 Å². The Morgan fingerprint density at radius 1 is 1.31 bits per heavy atom. The number of alkyl halides is 3. The summed E-state index contributed by atoms with van der Waals surface area (Å²) in [6.45, 7) is 0. The van der Waals surface area contributed by atoms with Crippen molar-refractivity contribution >= 4 is 35.2 Å². The molecule has 6 nitrogen and oxygen atoms in total. The van der Waals surface area contributed by atoms with Gasteiger partial charge in [0, 0.05) is 17.9 Å². The number of carbonyl (C=O) groups is 3. The van der Waals surface area contributed by atoms with Crippen molar-refractivity contribution in [1.82, 2.24) is 10.2 Å². The van der Waals surface area contributed by atoms with Crippen molar-refractivity contribution in [2.75, 3.05) is 16.9 Å². The third-order valence-electron chi connectivity index (χ3n) is 4.22. The number of carbonyl (C=O) groups excluding carboxylic acids is 3. The molecule has 140 valence electrons. The van der Waals surface area contributed by atoms with Gasteiger partial charge in [-0.3, -0.25) is 14.4 Å². The minimum Gasteiger partial charge on any atom is -0.344 e. The van der Waals surface area contributed by atoms with Crippen molar-refractivity contribution in [2.24, 2.45) is 0 Å². The summed E-state index contributed by atoms with van der Waals surface area (Å²) in [6, 6.07) is 2.89. The number of nitrogens with zero attached hydrogens (tertiary/aromatic N) is 1. The van der Waals surface area contributed by atoms with Gasteiger partial charge in [0.25, 0.3) is 0 Å². The molecule has 2 atom stereocenters. The third-order valence-corrected chi connectivity index (χ3v) is 5.23. The lowest BCUT2D eigenvalue weighted by Crippen LogP contribution is -2.50. The van der Waals surface area contributed by atoms with Gasteiger partial charge in [-0.05, 0) is 24.6 Å². The number of benzene rings is 1. The molecular formula is C16H16F3N3O3S. The second-order valence-electron chi connectivity index (χ2n) is 6.05. The van der Waals surface area contributed by atoms with E-state index in [0.29, 0.717) is 18.1 Å². The van der Waals surface area contributed by atoms with E-state index >= 15 is 0 Å². The normalized spacial score (nSPS) is 23.0. The van der Waals surface area contributed by atoms with Crippen molar-refractivity contribution in [3.63, 3.8) is 0 Å². The molecule has 0 saturated carbocycles. The van der Waals surface area contributed by atoms with Gasteiger partial charge >= 0.3 is 6.18 Å². The van der Waals surface area contributed by atoms with Crippen LogP contribution in [0.15, 0.2) is 24.3 Å². The Kier molecular flexibility index (Phi) is 5.12. The molecule has 2 N–H and O–H groups in total. The Hall–Kier alpha value is -2.23. The summed E-state index contributed by atoms with van der Waals surface area (Å²) in [6.07, 6.45) is -3.87. The largest absolute Gasteiger partial charge is 0.416 e. The molecular weight excluding hydrogens is 371 g/mol. The van der Waals surface area contributed by atoms with Crippen LogP contribution >= 0.6 is 11.8 Å². The molecule has 2 aliphatic rings. The average Bonchev–Trinajstić information content (AvgIpc) is 3.22. The molecule has 2 heterocycles. The topological polar surface area (TPSA) is 78.5 Å².